The number of aromatic hydroxyl groups is 1. The average molecular weight is 349 g/mol. The van der Waals surface area contributed by atoms with Crippen LogP contribution in [-0.4, -0.2) is 32.4 Å². The van der Waals surface area contributed by atoms with E-state index in [-0.39, 0.29) is 12.3 Å². The minimum atomic E-state index is -0.393. The quantitative estimate of drug-likeness (QED) is 0.690. The first-order valence-corrected chi connectivity index (χ1v) is 8.29. The molecule has 0 saturated heterocycles. The molecule has 2 aromatic carbocycles. The Kier molecular flexibility index (Phi) is 5.43. The van der Waals surface area contributed by atoms with E-state index in [9.17, 15) is 9.90 Å². The molecule has 1 N–H and O–H groups in total. The SMILES string of the molecule is CCOC(=O)Cn1nc(-c2ccccc2O)nc1/C=C/c1ccccc1. The molecule has 0 spiro atoms. The number of ether oxygens (including phenoxy) is 1. The molecule has 0 saturated carbocycles. The van der Waals surface area contributed by atoms with Crippen molar-refractivity contribution in [2.75, 3.05) is 6.61 Å². The van der Waals surface area contributed by atoms with Gasteiger partial charge in [-0.1, -0.05) is 48.5 Å². The van der Waals surface area contributed by atoms with Gasteiger partial charge in [-0.25, -0.2) is 9.67 Å². The number of hydrogen-bond acceptors (Lipinski definition) is 5. The molecule has 0 aliphatic heterocycles. The highest BCUT2D eigenvalue weighted by Crippen LogP contribution is 2.26. The average Bonchev–Trinajstić information content (AvgIpc) is 3.04. The molecule has 3 rings (SSSR count). The molecule has 3 aromatic rings. The third-order valence-corrected chi connectivity index (χ3v) is 3.65. The van der Waals surface area contributed by atoms with E-state index in [1.807, 2.05) is 36.4 Å². The zero-order chi connectivity index (χ0) is 18.4. The fraction of sp³-hybridized carbons (Fsp3) is 0.150. The van der Waals surface area contributed by atoms with E-state index in [1.54, 1.807) is 37.3 Å². The molecule has 6 heteroatoms. The van der Waals surface area contributed by atoms with Gasteiger partial charge in [0.25, 0.3) is 0 Å². The number of nitrogens with zero attached hydrogens (tertiary/aromatic N) is 3. The smallest absolute Gasteiger partial charge is 0.327 e. The summed E-state index contributed by atoms with van der Waals surface area (Å²) in [6, 6.07) is 16.6. The predicted molar refractivity (Wildman–Crippen MR) is 99.1 cm³/mol. The van der Waals surface area contributed by atoms with Crippen molar-refractivity contribution >= 4 is 18.1 Å². The van der Waals surface area contributed by atoms with E-state index in [0.29, 0.717) is 23.8 Å². The Morgan fingerprint density at radius 3 is 2.58 bits per heavy atom. The second kappa shape index (κ2) is 8.11. The van der Waals surface area contributed by atoms with Crippen LogP contribution >= 0.6 is 0 Å². The van der Waals surface area contributed by atoms with Crippen molar-refractivity contribution in [3.05, 3.63) is 66.0 Å². The Morgan fingerprint density at radius 2 is 1.85 bits per heavy atom. The molecule has 1 aromatic heterocycles. The van der Waals surface area contributed by atoms with Crippen LogP contribution in [0.25, 0.3) is 23.5 Å². The number of phenolic OH excluding ortho intramolecular Hbond substituents is 1. The lowest BCUT2D eigenvalue weighted by Crippen LogP contribution is -2.15. The molecular weight excluding hydrogens is 330 g/mol. The Morgan fingerprint density at radius 1 is 1.12 bits per heavy atom. The Bertz CT molecular complexity index is 917. The van der Waals surface area contributed by atoms with Gasteiger partial charge in [0.2, 0.25) is 0 Å². The van der Waals surface area contributed by atoms with Gasteiger partial charge in [0.1, 0.15) is 12.3 Å². The van der Waals surface area contributed by atoms with Crippen molar-refractivity contribution in [2.24, 2.45) is 0 Å². The predicted octanol–water partition coefficient (Wildman–Crippen LogP) is 3.38. The number of carbonyl (C=O) groups is 1. The number of carbonyl (C=O) groups excluding carboxylic acids is 1. The lowest BCUT2D eigenvalue weighted by atomic mass is 10.2. The molecule has 0 aliphatic carbocycles. The Balaban J connectivity index is 1.96. The minimum Gasteiger partial charge on any atom is -0.507 e. The number of benzene rings is 2. The summed E-state index contributed by atoms with van der Waals surface area (Å²) >= 11 is 0. The van der Waals surface area contributed by atoms with Crippen molar-refractivity contribution in [3.63, 3.8) is 0 Å². The summed E-state index contributed by atoms with van der Waals surface area (Å²) in [5.74, 6) is 0.537. The summed E-state index contributed by atoms with van der Waals surface area (Å²) in [4.78, 5) is 16.3. The van der Waals surface area contributed by atoms with E-state index in [0.717, 1.165) is 5.56 Å². The maximum atomic E-state index is 11.9. The van der Waals surface area contributed by atoms with Gasteiger partial charge >= 0.3 is 5.97 Å². The maximum absolute atomic E-state index is 11.9. The van der Waals surface area contributed by atoms with E-state index in [1.165, 1.54) is 4.68 Å². The summed E-state index contributed by atoms with van der Waals surface area (Å²) in [6.07, 6.45) is 3.67. The molecule has 0 atom stereocenters. The van der Waals surface area contributed by atoms with Crippen LogP contribution in [0, 0.1) is 0 Å². The van der Waals surface area contributed by atoms with Crippen molar-refractivity contribution in [1.29, 1.82) is 0 Å². The van der Waals surface area contributed by atoms with Gasteiger partial charge in [0.05, 0.1) is 12.2 Å². The molecule has 0 unspecified atom stereocenters. The molecule has 26 heavy (non-hydrogen) atoms. The number of rotatable bonds is 6. The van der Waals surface area contributed by atoms with Gasteiger partial charge in [-0.15, -0.1) is 5.10 Å². The molecule has 0 bridgehead atoms. The maximum Gasteiger partial charge on any atom is 0.327 e. The molecule has 0 aliphatic rings. The van der Waals surface area contributed by atoms with Crippen molar-refractivity contribution < 1.29 is 14.6 Å². The molecular formula is C20H19N3O3. The number of hydrogen-bond donors (Lipinski definition) is 1. The molecule has 0 radical (unpaired) electrons. The van der Waals surface area contributed by atoms with Gasteiger partial charge in [-0.2, -0.15) is 0 Å². The third kappa shape index (κ3) is 4.16. The highest BCUT2D eigenvalue weighted by Gasteiger charge is 2.15. The van der Waals surface area contributed by atoms with Gasteiger partial charge in [0.15, 0.2) is 11.6 Å². The van der Waals surface area contributed by atoms with Crippen molar-refractivity contribution in [3.8, 4) is 17.1 Å². The van der Waals surface area contributed by atoms with E-state index >= 15 is 0 Å². The standard InChI is InChI=1S/C20H19N3O3/c1-2-26-19(25)14-23-18(13-12-15-8-4-3-5-9-15)21-20(22-23)16-10-6-7-11-17(16)24/h3-13,24H,2,14H2,1H3/b13-12+. The van der Waals surface area contributed by atoms with Crippen LogP contribution in [0.15, 0.2) is 54.6 Å². The van der Waals surface area contributed by atoms with Gasteiger partial charge in [0, 0.05) is 0 Å². The fourth-order valence-electron chi connectivity index (χ4n) is 2.43. The fourth-order valence-corrected chi connectivity index (χ4v) is 2.43. The monoisotopic (exact) mass is 349 g/mol. The van der Waals surface area contributed by atoms with Gasteiger partial charge in [-0.3, -0.25) is 4.79 Å². The number of para-hydroxylation sites is 1. The van der Waals surface area contributed by atoms with Gasteiger partial charge in [-0.05, 0) is 30.7 Å². The van der Waals surface area contributed by atoms with E-state index in [2.05, 4.69) is 10.1 Å². The minimum absolute atomic E-state index is 0.0527. The van der Waals surface area contributed by atoms with Crippen LogP contribution in [0.3, 0.4) is 0 Å². The number of phenols is 1. The zero-order valence-corrected chi connectivity index (χ0v) is 14.4. The van der Waals surface area contributed by atoms with E-state index in [4.69, 9.17) is 4.74 Å². The van der Waals surface area contributed by atoms with Crippen LogP contribution in [0.2, 0.25) is 0 Å². The summed E-state index contributed by atoms with van der Waals surface area (Å²) in [5.41, 5.74) is 1.51. The first kappa shape index (κ1) is 17.4. The first-order valence-electron chi connectivity index (χ1n) is 8.29. The molecule has 132 valence electrons. The summed E-state index contributed by atoms with van der Waals surface area (Å²) < 4.78 is 6.47. The summed E-state index contributed by atoms with van der Waals surface area (Å²) in [7, 11) is 0. The topological polar surface area (TPSA) is 77.2 Å². The Labute approximate surface area is 151 Å². The highest BCUT2D eigenvalue weighted by atomic mass is 16.5. The summed E-state index contributed by atoms with van der Waals surface area (Å²) in [6.45, 7) is 2.00. The van der Waals surface area contributed by atoms with Crippen LogP contribution in [0.4, 0.5) is 0 Å². The second-order valence-corrected chi connectivity index (χ2v) is 5.52. The highest BCUT2D eigenvalue weighted by molar-refractivity contribution is 5.72. The van der Waals surface area contributed by atoms with Crippen LogP contribution in [0.5, 0.6) is 5.75 Å². The van der Waals surface area contributed by atoms with E-state index < -0.39 is 5.97 Å². The summed E-state index contributed by atoms with van der Waals surface area (Å²) in [5, 5.41) is 14.4. The van der Waals surface area contributed by atoms with Gasteiger partial charge < -0.3 is 9.84 Å². The first-order chi connectivity index (χ1) is 12.7. The van der Waals surface area contributed by atoms with Crippen LogP contribution < -0.4 is 0 Å². The third-order valence-electron chi connectivity index (χ3n) is 3.65. The molecule has 0 amide bonds. The number of aromatic nitrogens is 3. The molecule has 6 nitrogen and oxygen atoms in total. The molecule has 1 heterocycles. The van der Waals surface area contributed by atoms with Crippen molar-refractivity contribution in [2.45, 2.75) is 13.5 Å². The lowest BCUT2D eigenvalue weighted by molar-refractivity contribution is -0.144. The van der Waals surface area contributed by atoms with Crippen molar-refractivity contribution in [1.82, 2.24) is 14.8 Å². The largest absolute Gasteiger partial charge is 0.507 e. The molecule has 0 fully saturated rings. The lowest BCUT2D eigenvalue weighted by Gasteiger charge is -2.03. The second-order valence-electron chi connectivity index (χ2n) is 5.52. The number of esters is 1. The van der Waals surface area contributed by atoms with Crippen LogP contribution in [0.1, 0.15) is 18.3 Å². The van der Waals surface area contributed by atoms with Crippen LogP contribution in [-0.2, 0) is 16.1 Å². The Hall–Kier alpha value is -3.41. The zero-order valence-electron chi connectivity index (χ0n) is 14.4. The normalized spacial score (nSPS) is 11.0.